The maximum absolute atomic E-state index is 14.9. The molecule has 156 valence electrons. The van der Waals surface area contributed by atoms with Crippen molar-refractivity contribution < 1.29 is 23.1 Å². The van der Waals surface area contributed by atoms with E-state index in [0.717, 1.165) is 18.2 Å². The smallest absolute Gasteiger partial charge is 0.185 e. The first-order valence-electron chi connectivity index (χ1n) is 9.67. The number of benzene rings is 2. The molecule has 0 aliphatic heterocycles. The standard InChI is InChI=1S/C22H20F3N3O2/c1-11(2)13-6-19-22(20(30)7-13)26-27-28(19)14-8-17(24)21(18(25)9-14)15-5-12(10-29)3-4-16(15)23/h3-5,8-9,11,13,29H,6-7,10H2,1-2H3. The lowest BCUT2D eigenvalue weighted by Crippen LogP contribution is -2.25. The van der Waals surface area contributed by atoms with Gasteiger partial charge in [-0.25, -0.2) is 17.9 Å². The van der Waals surface area contributed by atoms with Crippen LogP contribution in [0.3, 0.4) is 0 Å². The molecule has 1 aliphatic rings. The highest BCUT2D eigenvalue weighted by Gasteiger charge is 2.32. The minimum absolute atomic E-state index is 0.0680. The molecule has 1 unspecified atom stereocenters. The number of nitrogens with zero attached hydrogens (tertiary/aromatic N) is 3. The number of aromatic nitrogens is 3. The van der Waals surface area contributed by atoms with Gasteiger partial charge in [-0.05, 0) is 36.0 Å². The van der Waals surface area contributed by atoms with Crippen LogP contribution in [0.15, 0.2) is 30.3 Å². The molecule has 2 aromatic carbocycles. The topological polar surface area (TPSA) is 68.0 Å². The number of hydrogen-bond donors (Lipinski definition) is 1. The lowest BCUT2D eigenvalue weighted by molar-refractivity contribution is 0.0927. The molecule has 1 atom stereocenters. The summed E-state index contributed by atoms with van der Waals surface area (Å²) in [5.41, 5.74) is 0.329. The number of fused-ring (bicyclic) bond motifs is 1. The quantitative estimate of drug-likeness (QED) is 0.692. The van der Waals surface area contributed by atoms with Gasteiger partial charge in [-0.2, -0.15) is 0 Å². The third-order valence-corrected chi connectivity index (χ3v) is 5.63. The molecule has 1 aromatic heterocycles. The van der Waals surface area contributed by atoms with Crippen molar-refractivity contribution in [3.05, 3.63) is 64.7 Å². The average molecular weight is 415 g/mol. The van der Waals surface area contributed by atoms with Crippen LogP contribution in [-0.2, 0) is 13.0 Å². The van der Waals surface area contributed by atoms with Gasteiger partial charge in [-0.3, -0.25) is 4.79 Å². The predicted octanol–water partition coefficient (Wildman–Crippen LogP) is 4.25. The zero-order chi connectivity index (χ0) is 21.6. The maximum atomic E-state index is 14.9. The second-order valence-electron chi connectivity index (χ2n) is 7.89. The highest BCUT2D eigenvalue weighted by molar-refractivity contribution is 5.96. The van der Waals surface area contributed by atoms with Crippen molar-refractivity contribution in [1.29, 1.82) is 0 Å². The van der Waals surface area contributed by atoms with Gasteiger partial charge in [0.2, 0.25) is 0 Å². The lowest BCUT2D eigenvalue weighted by atomic mass is 9.81. The number of Topliss-reactive ketones (excluding diaryl/α,β-unsaturated/α-hetero) is 1. The van der Waals surface area contributed by atoms with Gasteiger partial charge in [0.15, 0.2) is 11.5 Å². The Hall–Kier alpha value is -3.00. The van der Waals surface area contributed by atoms with Crippen LogP contribution in [0, 0.1) is 29.3 Å². The predicted molar refractivity (Wildman–Crippen MR) is 104 cm³/mol. The Morgan fingerprint density at radius 2 is 1.80 bits per heavy atom. The van der Waals surface area contributed by atoms with Crippen molar-refractivity contribution in [3.63, 3.8) is 0 Å². The molecule has 1 heterocycles. The zero-order valence-electron chi connectivity index (χ0n) is 16.5. The van der Waals surface area contributed by atoms with E-state index in [9.17, 15) is 23.1 Å². The Labute approximate surface area is 171 Å². The average Bonchev–Trinajstić information content (AvgIpc) is 3.13. The Morgan fingerprint density at radius 1 is 1.10 bits per heavy atom. The second kappa shape index (κ2) is 7.68. The number of ketones is 1. The molecule has 0 saturated heterocycles. The fourth-order valence-electron chi connectivity index (χ4n) is 3.84. The van der Waals surface area contributed by atoms with E-state index >= 15 is 0 Å². The third kappa shape index (κ3) is 3.41. The summed E-state index contributed by atoms with van der Waals surface area (Å²) in [6, 6.07) is 5.69. The minimum Gasteiger partial charge on any atom is -0.392 e. The van der Waals surface area contributed by atoms with Crippen LogP contribution >= 0.6 is 0 Å². The molecule has 0 bridgehead atoms. The van der Waals surface area contributed by atoms with Crippen molar-refractivity contribution in [2.75, 3.05) is 0 Å². The van der Waals surface area contributed by atoms with Crippen LogP contribution in [0.2, 0.25) is 0 Å². The molecule has 5 nitrogen and oxygen atoms in total. The first kappa shape index (κ1) is 20.3. The summed E-state index contributed by atoms with van der Waals surface area (Å²) in [6.45, 7) is 3.64. The number of carbonyl (C=O) groups excluding carboxylic acids is 1. The second-order valence-corrected chi connectivity index (χ2v) is 7.89. The Bertz CT molecular complexity index is 1120. The van der Waals surface area contributed by atoms with E-state index in [1.54, 1.807) is 0 Å². The number of halogens is 3. The van der Waals surface area contributed by atoms with Crippen molar-refractivity contribution in [2.45, 2.75) is 33.3 Å². The highest BCUT2D eigenvalue weighted by Crippen LogP contribution is 2.34. The third-order valence-electron chi connectivity index (χ3n) is 5.63. The fraction of sp³-hybridized carbons (Fsp3) is 0.318. The number of aliphatic hydroxyl groups excluding tert-OH is 1. The zero-order valence-corrected chi connectivity index (χ0v) is 16.5. The summed E-state index contributed by atoms with van der Waals surface area (Å²) in [5.74, 6) is -2.56. The van der Waals surface area contributed by atoms with E-state index in [-0.39, 0.29) is 41.2 Å². The molecular weight excluding hydrogens is 395 g/mol. The number of aliphatic hydroxyl groups is 1. The van der Waals surface area contributed by atoms with Crippen molar-refractivity contribution in [2.24, 2.45) is 11.8 Å². The Morgan fingerprint density at radius 3 is 2.43 bits per heavy atom. The van der Waals surface area contributed by atoms with Gasteiger partial charge < -0.3 is 5.11 Å². The summed E-state index contributed by atoms with van der Waals surface area (Å²) in [5, 5.41) is 17.1. The number of carbonyl (C=O) groups is 1. The Kier molecular flexibility index (Phi) is 5.19. The first-order valence-corrected chi connectivity index (χ1v) is 9.67. The molecule has 0 saturated carbocycles. The molecule has 3 aromatic rings. The molecule has 0 fully saturated rings. The normalized spacial score (nSPS) is 16.2. The van der Waals surface area contributed by atoms with Gasteiger partial charge in [0.1, 0.15) is 17.5 Å². The monoisotopic (exact) mass is 415 g/mol. The molecule has 30 heavy (non-hydrogen) atoms. The van der Waals surface area contributed by atoms with E-state index in [2.05, 4.69) is 10.3 Å². The van der Waals surface area contributed by atoms with Gasteiger partial charge in [0, 0.05) is 24.1 Å². The largest absolute Gasteiger partial charge is 0.392 e. The fourth-order valence-corrected chi connectivity index (χ4v) is 3.84. The summed E-state index contributed by atoms with van der Waals surface area (Å²) >= 11 is 0. The van der Waals surface area contributed by atoms with Crippen LogP contribution in [0.4, 0.5) is 13.2 Å². The molecule has 8 heteroatoms. The minimum atomic E-state index is -0.981. The van der Waals surface area contributed by atoms with Crippen LogP contribution in [0.25, 0.3) is 16.8 Å². The van der Waals surface area contributed by atoms with Gasteiger partial charge in [0.25, 0.3) is 0 Å². The maximum Gasteiger partial charge on any atom is 0.185 e. The van der Waals surface area contributed by atoms with E-state index in [4.69, 9.17) is 0 Å². The SMILES string of the molecule is CC(C)C1CC(=O)c2nnn(-c3cc(F)c(-c4cc(CO)ccc4F)c(F)c3)c2C1. The van der Waals surface area contributed by atoms with Gasteiger partial charge >= 0.3 is 0 Å². The molecule has 0 radical (unpaired) electrons. The molecule has 0 spiro atoms. The van der Waals surface area contributed by atoms with Gasteiger partial charge in [0.05, 0.1) is 23.6 Å². The van der Waals surface area contributed by atoms with Gasteiger partial charge in [-0.1, -0.05) is 25.1 Å². The molecular formula is C22H20F3N3O2. The van der Waals surface area contributed by atoms with Crippen molar-refractivity contribution >= 4 is 5.78 Å². The summed E-state index contributed by atoms with van der Waals surface area (Å²) in [6.07, 6.45) is 0.884. The van der Waals surface area contributed by atoms with E-state index in [0.29, 0.717) is 24.1 Å². The van der Waals surface area contributed by atoms with Crippen LogP contribution in [-0.4, -0.2) is 25.9 Å². The summed E-state index contributed by atoms with van der Waals surface area (Å²) in [4.78, 5) is 12.4. The van der Waals surface area contributed by atoms with Crippen molar-refractivity contribution in [1.82, 2.24) is 15.0 Å². The van der Waals surface area contributed by atoms with Crippen LogP contribution in [0.5, 0.6) is 0 Å². The van der Waals surface area contributed by atoms with E-state index < -0.39 is 23.0 Å². The molecule has 1 N–H and O–H groups in total. The van der Waals surface area contributed by atoms with Crippen LogP contribution < -0.4 is 0 Å². The Balaban J connectivity index is 1.80. The first-order chi connectivity index (χ1) is 14.3. The molecule has 1 aliphatic carbocycles. The summed E-state index contributed by atoms with van der Waals surface area (Å²) < 4.78 is 45.3. The number of rotatable bonds is 4. The number of hydrogen-bond acceptors (Lipinski definition) is 4. The summed E-state index contributed by atoms with van der Waals surface area (Å²) in [7, 11) is 0. The molecule has 0 amide bonds. The lowest BCUT2D eigenvalue weighted by Gasteiger charge is -2.24. The van der Waals surface area contributed by atoms with Crippen LogP contribution in [0.1, 0.15) is 42.0 Å². The van der Waals surface area contributed by atoms with E-state index in [1.807, 2.05) is 13.8 Å². The van der Waals surface area contributed by atoms with Gasteiger partial charge in [-0.15, -0.1) is 5.10 Å². The van der Waals surface area contributed by atoms with E-state index in [1.165, 1.54) is 16.8 Å². The molecule has 4 rings (SSSR count). The highest BCUT2D eigenvalue weighted by atomic mass is 19.1. The van der Waals surface area contributed by atoms with Crippen molar-refractivity contribution in [3.8, 4) is 16.8 Å².